The molecular weight excluding hydrogens is 218 g/mol. The summed E-state index contributed by atoms with van der Waals surface area (Å²) in [7, 11) is 0. The Morgan fingerprint density at radius 1 is 1.47 bits per heavy atom. The molecule has 2 N–H and O–H groups in total. The van der Waals surface area contributed by atoms with Gasteiger partial charge >= 0.3 is 0 Å². The maximum atomic E-state index is 11.8. The minimum absolute atomic E-state index is 0.0833. The first-order valence-electron chi connectivity index (χ1n) is 6.67. The molecule has 1 fully saturated rings. The Bertz CT molecular complexity index is 241. The Morgan fingerprint density at radius 2 is 2.12 bits per heavy atom. The molecule has 0 aromatic rings. The molecule has 1 heterocycles. The lowest BCUT2D eigenvalue weighted by atomic mass is 9.96. The van der Waals surface area contributed by atoms with Crippen molar-refractivity contribution in [2.45, 2.75) is 52.2 Å². The highest BCUT2D eigenvalue weighted by Crippen LogP contribution is 2.20. The fourth-order valence-corrected chi connectivity index (χ4v) is 2.34. The molecule has 1 aliphatic heterocycles. The molecule has 100 valence electrons. The van der Waals surface area contributed by atoms with Crippen LogP contribution < -0.4 is 5.32 Å². The van der Waals surface area contributed by atoms with E-state index in [1.165, 1.54) is 0 Å². The zero-order chi connectivity index (χ0) is 12.8. The van der Waals surface area contributed by atoms with E-state index in [2.05, 4.69) is 19.2 Å². The van der Waals surface area contributed by atoms with Gasteiger partial charge in [0, 0.05) is 13.2 Å². The van der Waals surface area contributed by atoms with Gasteiger partial charge in [-0.1, -0.05) is 33.6 Å². The molecule has 0 radical (unpaired) electrons. The van der Waals surface area contributed by atoms with Crippen LogP contribution in [0.4, 0.5) is 0 Å². The van der Waals surface area contributed by atoms with Gasteiger partial charge in [0.05, 0.1) is 6.10 Å². The summed E-state index contributed by atoms with van der Waals surface area (Å²) in [6.45, 7) is 7.13. The maximum Gasteiger partial charge on any atom is 0.249 e. The number of aliphatic hydroxyl groups is 1. The van der Waals surface area contributed by atoms with Gasteiger partial charge in [0.2, 0.25) is 5.91 Å². The van der Waals surface area contributed by atoms with Crippen LogP contribution in [0.25, 0.3) is 0 Å². The highest BCUT2D eigenvalue weighted by atomic mass is 16.5. The Hall–Kier alpha value is -0.610. The van der Waals surface area contributed by atoms with E-state index >= 15 is 0 Å². The number of hydrogen-bond acceptors (Lipinski definition) is 3. The van der Waals surface area contributed by atoms with Crippen LogP contribution in [-0.4, -0.2) is 36.4 Å². The van der Waals surface area contributed by atoms with Crippen LogP contribution >= 0.6 is 0 Å². The molecule has 0 aromatic heterocycles. The van der Waals surface area contributed by atoms with Crippen LogP contribution in [0.5, 0.6) is 0 Å². The average Bonchev–Trinajstić information content (AvgIpc) is 2.74. The van der Waals surface area contributed by atoms with Gasteiger partial charge in [-0.05, 0) is 18.3 Å². The van der Waals surface area contributed by atoms with Gasteiger partial charge < -0.3 is 15.2 Å². The minimum Gasteiger partial charge on any atom is -0.391 e. The molecule has 4 heteroatoms. The van der Waals surface area contributed by atoms with Gasteiger partial charge in [0.25, 0.3) is 0 Å². The van der Waals surface area contributed by atoms with Gasteiger partial charge in [0.1, 0.15) is 6.10 Å². The second kappa shape index (κ2) is 6.97. The van der Waals surface area contributed by atoms with Crippen LogP contribution in [0.2, 0.25) is 0 Å². The first kappa shape index (κ1) is 14.5. The van der Waals surface area contributed by atoms with E-state index in [-0.39, 0.29) is 23.8 Å². The number of carbonyl (C=O) groups excluding carboxylic acids is 1. The Kier molecular flexibility index (Phi) is 5.92. The summed E-state index contributed by atoms with van der Waals surface area (Å²) in [5.74, 6) is 0.456. The molecule has 1 amide bonds. The fraction of sp³-hybridized carbons (Fsp3) is 0.923. The van der Waals surface area contributed by atoms with Crippen molar-refractivity contribution >= 4 is 5.91 Å². The molecule has 0 saturated carbocycles. The Morgan fingerprint density at radius 3 is 2.59 bits per heavy atom. The largest absolute Gasteiger partial charge is 0.391 e. The summed E-state index contributed by atoms with van der Waals surface area (Å²) in [5, 5.41) is 12.7. The third kappa shape index (κ3) is 3.96. The summed E-state index contributed by atoms with van der Waals surface area (Å²) >= 11 is 0. The Balaban J connectivity index is 2.32. The van der Waals surface area contributed by atoms with Crippen molar-refractivity contribution in [1.82, 2.24) is 5.32 Å². The number of carbonyl (C=O) groups is 1. The van der Waals surface area contributed by atoms with Gasteiger partial charge in [-0.15, -0.1) is 0 Å². The predicted molar refractivity (Wildman–Crippen MR) is 66.6 cm³/mol. The summed E-state index contributed by atoms with van der Waals surface area (Å²) in [6, 6.07) is 0. The van der Waals surface area contributed by atoms with Crippen molar-refractivity contribution in [3.05, 3.63) is 0 Å². The van der Waals surface area contributed by atoms with Crippen LogP contribution in [0, 0.1) is 11.8 Å². The highest BCUT2D eigenvalue weighted by molar-refractivity contribution is 5.81. The van der Waals surface area contributed by atoms with Crippen molar-refractivity contribution in [1.29, 1.82) is 0 Å². The molecule has 0 aliphatic carbocycles. The van der Waals surface area contributed by atoms with Crippen molar-refractivity contribution in [3.8, 4) is 0 Å². The summed E-state index contributed by atoms with van der Waals surface area (Å²) in [6.07, 6.45) is 2.02. The van der Waals surface area contributed by atoms with E-state index in [9.17, 15) is 9.90 Å². The summed E-state index contributed by atoms with van der Waals surface area (Å²) in [4.78, 5) is 11.8. The first-order valence-corrected chi connectivity index (χ1v) is 6.67. The second-order valence-corrected chi connectivity index (χ2v) is 4.95. The zero-order valence-corrected chi connectivity index (χ0v) is 11.1. The third-order valence-corrected chi connectivity index (χ3v) is 3.72. The van der Waals surface area contributed by atoms with E-state index in [4.69, 9.17) is 4.74 Å². The fourth-order valence-electron chi connectivity index (χ4n) is 2.34. The predicted octanol–water partition coefficient (Wildman–Crippen LogP) is 1.32. The Labute approximate surface area is 104 Å². The van der Waals surface area contributed by atoms with E-state index < -0.39 is 6.10 Å². The monoisotopic (exact) mass is 243 g/mol. The van der Waals surface area contributed by atoms with Crippen LogP contribution in [0.3, 0.4) is 0 Å². The molecule has 1 rings (SSSR count). The quantitative estimate of drug-likeness (QED) is 0.740. The van der Waals surface area contributed by atoms with Crippen molar-refractivity contribution in [2.75, 3.05) is 13.2 Å². The smallest absolute Gasteiger partial charge is 0.249 e. The van der Waals surface area contributed by atoms with Crippen LogP contribution in [0.15, 0.2) is 0 Å². The molecule has 1 aliphatic rings. The molecule has 1 saturated heterocycles. The number of rotatable bonds is 6. The number of amides is 1. The zero-order valence-electron chi connectivity index (χ0n) is 11.1. The van der Waals surface area contributed by atoms with Gasteiger partial charge in [-0.2, -0.15) is 0 Å². The minimum atomic E-state index is -0.453. The van der Waals surface area contributed by atoms with E-state index in [0.29, 0.717) is 13.2 Å². The highest BCUT2D eigenvalue weighted by Gasteiger charge is 2.31. The first-order chi connectivity index (χ1) is 8.10. The van der Waals surface area contributed by atoms with Crippen molar-refractivity contribution in [3.63, 3.8) is 0 Å². The number of nitrogens with one attached hydrogen (secondary N) is 1. The van der Waals surface area contributed by atoms with E-state index in [0.717, 1.165) is 19.3 Å². The molecule has 0 bridgehead atoms. The number of aliphatic hydroxyl groups excluding tert-OH is 1. The van der Waals surface area contributed by atoms with Gasteiger partial charge in [-0.3, -0.25) is 4.79 Å². The molecule has 0 aromatic carbocycles. The number of ether oxygens (including phenoxy) is 1. The molecular formula is C13H25NO3. The molecule has 17 heavy (non-hydrogen) atoms. The lowest BCUT2D eigenvalue weighted by molar-refractivity contribution is -0.132. The standard InChI is InChI=1S/C13H25NO3/c1-4-10(5-2)11(15)8-14-13(16)12-9(3)6-7-17-12/h9-12,15H,4-8H2,1-3H3,(H,14,16). The topological polar surface area (TPSA) is 58.6 Å². The lowest BCUT2D eigenvalue weighted by Gasteiger charge is -2.22. The average molecular weight is 243 g/mol. The van der Waals surface area contributed by atoms with Crippen LogP contribution in [-0.2, 0) is 9.53 Å². The normalized spacial score (nSPS) is 26.2. The van der Waals surface area contributed by atoms with Crippen molar-refractivity contribution in [2.24, 2.45) is 11.8 Å². The SMILES string of the molecule is CCC(CC)C(O)CNC(=O)C1OCCC1C. The van der Waals surface area contributed by atoms with Gasteiger partial charge in [0.15, 0.2) is 0 Å². The number of hydrogen-bond donors (Lipinski definition) is 2. The molecule has 3 atom stereocenters. The lowest BCUT2D eigenvalue weighted by Crippen LogP contribution is -2.42. The summed E-state index contributed by atoms with van der Waals surface area (Å²) in [5.41, 5.74) is 0. The van der Waals surface area contributed by atoms with Crippen LogP contribution in [0.1, 0.15) is 40.0 Å². The van der Waals surface area contributed by atoms with Gasteiger partial charge in [-0.25, -0.2) is 0 Å². The molecule has 0 spiro atoms. The maximum absolute atomic E-state index is 11.8. The second-order valence-electron chi connectivity index (χ2n) is 4.95. The molecule has 4 nitrogen and oxygen atoms in total. The van der Waals surface area contributed by atoms with Crippen molar-refractivity contribution < 1.29 is 14.6 Å². The summed E-state index contributed by atoms with van der Waals surface area (Å²) < 4.78 is 5.38. The third-order valence-electron chi connectivity index (χ3n) is 3.72. The molecule has 3 unspecified atom stereocenters. The van der Waals surface area contributed by atoms with E-state index in [1.54, 1.807) is 0 Å². The van der Waals surface area contributed by atoms with E-state index in [1.807, 2.05) is 6.92 Å².